The van der Waals surface area contributed by atoms with Crippen molar-refractivity contribution in [2.24, 2.45) is 0 Å². The van der Waals surface area contributed by atoms with Crippen molar-refractivity contribution in [3.63, 3.8) is 0 Å². The number of hydrogen-bond acceptors (Lipinski definition) is 3. The molecule has 0 fully saturated rings. The first kappa shape index (κ1) is 15.7. The van der Waals surface area contributed by atoms with Crippen molar-refractivity contribution in [2.45, 2.75) is 11.8 Å². The van der Waals surface area contributed by atoms with Crippen molar-refractivity contribution in [3.8, 4) is 5.75 Å². The Morgan fingerprint density at radius 3 is 2.48 bits per heavy atom. The number of sulfonamides is 1. The average molecular weight is 378 g/mol. The summed E-state index contributed by atoms with van der Waals surface area (Å²) in [6, 6.07) is 5.77. The summed E-state index contributed by atoms with van der Waals surface area (Å²) < 4.78 is 53.3. The maximum Gasteiger partial charge on any atom is 0.265 e. The molecule has 0 bridgehead atoms. The Kier molecular flexibility index (Phi) is 4.20. The highest BCUT2D eigenvalue weighted by molar-refractivity contribution is 9.10. The average Bonchev–Trinajstić information content (AvgIpc) is 2.37. The number of rotatable bonds is 3. The van der Waals surface area contributed by atoms with Crippen LogP contribution in [0, 0.1) is 18.6 Å². The lowest BCUT2D eigenvalue weighted by atomic mass is 10.2. The number of phenols is 1. The first-order chi connectivity index (χ1) is 9.70. The third kappa shape index (κ3) is 3.33. The molecule has 0 aliphatic rings. The van der Waals surface area contributed by atoms with Crippen LogP contribution < -0.4 is 4.72 Å². The van der Waals surface area contributed by atoms with Gasteiger partial charge in [0.2, 0.25) is 0 Å². The normalized spacial score (nSPS) is 11.4. The van der Waals surface area contributed by atoms with Gasteiger partial charge < -0.3 is 5.11 Å². The molecule has 0 amide bonds. The van der Waals surface area contributed by atoms with Gasteiger partial charge in [-0.25, -0.2) is 17.2 Å². The van der Waals surface area contributed by atoms with Crippen LogP contribution in [0.25, 0.3) is 0 Å². The summed E-state index contributed by atoms with van der Waals surface area (Å²) in [6.07, 6.45) is 0. The van der Waals surface area contributed by atoms with Crippen LogP contribution in [0.2, 0.25) is 0 Å². The second-order valence-corrected chi connectivity index (χ2v) is 6.83. The predicted octanol–water partition coefficient (Wildman–Crippen LogP) is 3.54. The van der Waals surface area contributed by atoms with E-state index in [4.69, 9.17) is 0 Å². The monoisotopic (exact) mass is 377 g/mol. The summed E-state index contributed by atoms with van der Waals surface area (Å²) in [6.45, 7) is 1.82. The molecule has 8 heteroatoms. The lowest BCUT2D eigenvalue weighted by Gasteiger charge is -2.12. The summed E-state index contributed by atoms with van der Waals surface area (Å²) in [4.78, 5) is -0.868. The summed E-state index contributed by atoms with van der Waals surface area (Å²) in [5.74, 6) is -3.58. The van der Waals surface area contributed by atoms with Crippen molar-refractivity contribution in [3.05, 3.63) is 52.0 Å². The highest BCUT2D eigenvalue weighted by Crippen LogP contribution is 2.31. The lowest BCUT2D eigenvalue weighted by molar-refractivity contribution is 0.412. The maximum atomic E-state index is 13.2. The van der Waals surface area contributed by atoms with Gasteiger partial charge in [-0.05, 0) is 46.6 Å². The Morgan fingerprint density at radius 1 is 1.19 bits per heavy atom. The minimum Gasteiger partial charge on any atom is -0.504 e. The fourth-order valence-corrected chi connectivity index (χ4v) is 3.57. The van der Waals surface area contributed by atoms with Gasteiger partial charge in [-0.3, -0.25) is 4.72 Å². The molecule has 0 atom stereocenters. The Bertz CT molecular complexity index is 809. The predicted molar refractivity (Wildman–Crippen MR) is 77.7 cm³/mol. The largest absolute Gasteiger partial charge is 0.504 e. The Morgan fingerprint density at radius 2 is 1.86 bits per heavy atom. The van der Waals surface area contributed by atoms with E-state index in [1.165, 1.54) is 6.07 Å². The minimum absolute atomic E-state index is 0.185. The highest BCUT2D eigenvalue weighted by atomic mass is 79.9. The fraction of sp³-hybridized carbons (Fsp3) is 0.0769. The van der Waals surface area contributed by atoms with Gasteiger partial charge in [0.25, 0.3) is 10.0 Å². The van der Waals surface area contributed by atoms with E-state index in [0.717, 1.165) is 5.56 Å². The molecule has 0 aliphatic heterocycles. The number of phenolic OH excluding ortho intramolecular Hbond substituents is 1. The number of aromatic hydroxyl groups is 1. The number of halogens is 3. The summed E-state index contributed by atoms with van der Waals surface area (Å²) in [7, 11) is -4.33. The quantitative estimate of drug-likeness (QED) is 0.859. The van der Waals surface area contributed by atoms with Gasteiger partial charge in [-0.1, -0.05) is 6.07 Å². The Hall–Kier alpha value is -1.67. The molecule has 21 heavy (non-hydrogen) atoms. The van der Waals surface area contributed by atoms with Crippen molar-refractivity contribution in [1.29, 1.82) is 0 Å². The lowest BCUT2D eigenvalue weighted by Crippen LogP contribution is -2.14. The second-order valence-electron chi connectivity index (χ2n) is 4.32. The number of aryl methyl sites for hydroxylation is 1. The molecule has 0 saturated heterocycles. The van der Waals surface area contributed by atoms with Gasteiger partial charge in [-0.2, -0.15) is 0 Å². The molecule has 2 rings (SSSR count). The highest BCUT2D eigenvalue weighted by Gasteiger charge is 2.23. The van der Waals surface area contributed by atoms with Crippen LogP contribution in [0.4, 0.5) is 14.5 Å². The topological polar surface area (TPSA) is 66.4 Å². The van der Waals surface area contributed by atoms with E-state index in [9.17, 15) is 22.3 Å². The molecule has 0 heterocycles. The molecule has 4 nitrogen and oxygen atoms in total. The van der Waals surface area contributed by atoms with Crippen molar-refractivity contribution in [1.82, 2.24) is 0 Å². The van der Waals surface area contributed by atoms with E-state index in [-0.39, 0.29) is 5.69 Å². The van der Waals surface area contributed by atoms with Crippen molar-refractivity contribution >= 4 is 31.6 Å². The van der Waals surface area contributed by atoms with Crippen molar-refractivity contribution < 1.29 is 22.3 Å². The Balaban J connectivity index is 2.48. The van der Waals surface area contributed by atoms with Gasteiger partial charge >= 0.3 is 0 Å². The van der Waals surface area contributed by atoms with Crippen LogP contribution in [0.15, 0.2) is 39.7 Å². The number of hydrogen-bond donors (Lipinski definition) is 2. The first-order valence-corrected chi connectivity index (χ1v) is 7.95. The zero-order valence-corrected chi connectivity index (χ0v) is 13.1. The van der Waals surface area contributed by atoms with Gasteiger partial charge in [0, 0.05) is 10.5 Å². The molecular weight excluding hydrogens is 368 g/mol. The molecule has 112 valence electrons. The first-order valence-electron chi connectivity index (χ1n) is 5.67. The molecule has 0 aromatic heterocycles. The van der Waals surface area contributed by atoms with E-state index in [2.05, 4.69) is 20.7 Å². The van der Waals surface area contributed by atoms with Crippen LogP contribution in [-0.2, 0) is 10.0 Å². The molecule has 0 unspecified atom stereocenters. The van der Waals surface area contributed by atoms with Crippen LogP contribution in [0.5, 0.6) is 5.75 Å². The van der Waals surface area contributed by atoms with Crippen molar-refractivity contribution in [2.75, 3.05) is 4.72 Å². The second kappa shape index (κ2) is 5.61. The molecule has 2 N–H and O–H groups in total. The van der Waals surface area contributed by atoms with E-state index in [1.54, 1.807) is 12.1 Å². The maximum absolute atomic E-state index is 13.2. The van der Waals surface area contributed by atoms with Crippen LogP contribution in [-0.4, -0.2) is 13.5 Å². The van der Waals surface area contributed by atoms with Gasteiger partial charge in [-0.15, -0.1) is 0 Å². The van der Waals surface area contributed by atoms with E-state index in [1.807, 2.05) is 6.92 Å². The molecule has 0 radical (unpaired) electrons. The zero-order chi connectivity index (χ0) is 15.8. The standard InChI is InChI=1S/C13H10BrF2NO3S/c1-7-2-3-11(9(14)4-7)17-21(19,20)12-6-8(15)5-10(16)13(12)18/h2-6,17-18H,1H3. The number of benzene rings is 2. The molecule has 0 spiro atoms. The van der Waals surface area contributed by atoms with Gasteiger partial charge in [0.15, 0.2) is 11.6 Å². The van der Waals surface area contributed by atoms with Crippen LogP contribution in [0.1, 0.15) is 5.56 Å². The molecular formula is C13H10BrF2NO3S. The number of nitrogens with one attached hydrogen (secondary N) is 1. The molecule has 0 saturated carbocycles. The van der Waals surface area contributed by atoms with E-state index >= 15 is 0 Å². The third-order valence-corrected chi connectivity index (χ3v) is 4.69. The number of anilines is 1. The van der Waals surface area contributed by atoms with E-state index < -0.39 is 32.3 Å². The Labute approximate surface area is 128 Å². The summed E-state index contributed by atoms with van der Waals surface area (Å²) >= 11 is 3.18. The smallest absolute Gasteiger partial charge is 0.265 e. The summed E-state index contributed by atoms with van der Waals surface area (Å²) in [5.41, 5.74) is 1.08. The van der Waals surface area contributed by atoms with Crippen LogP contribution >= 0.6 is 15.9 Å². The van der Waals surface area contributed by atoms with E-state index in [0.29, 0.717) is 16.6 Å². The molecule has 2 aromatic carbocycles. The van der Waals surface area contributed by atoms with Gasteiger partial charge in [0.1, 0.15) is 10.7 Å². The molecule has 0 aliphatic carbocycles. The van der Waals surface area contributed by atoms with Gasteiger partial charge in [0.05, 0.1) is 5.69 Å². The third-order valence-electron chi connectivity index (χ3n) is 2.65. The fourth-order valence-electron chi connectivity index (χ4n) is 1.65. The zero-order valence-electron chi connectivity index (χ0n) is 10.7. The molecule has 2 aromatic rings. The van der Waals surface area contributed by atoms with Crippen LogP contribution in [0.3, 0.4) is 0 Å². The minimum atomic E-state index is -4.33. The SMILES string of the molecule is Cc1ccc(NS(=O)(=O)c2cc(F)cc(F)c2O)c(Br)c1. The summed E-state index contributed by atoms with van der Waals surface area (Å²) in [5, 5.41) is 9.48.